The van der Waals surface area contributed by atoms with Crippen LogP contribution in [0.2, 0.25) is 5.02 Å². The number of hydrogen-bond acceptors (Lipinski definition) is 4. The van der Waals surface area contributed by atoms with Gasteiger partial charge in [0.1, 0.15) is 23.2 Å². The summed E-state index contributed by atoms with van der Waals surface area (Å²) in [4.78, 5) is 27.4. The molecule has 1 aromatic carbocycles. The Bertz CT molecular complexity index is 665. The lowest BCUT2D eigenvalue weighted by Crippen LogP contribution is -2.36. The number of hydrogen-bond donors (Lipinski definition) is 0. The van der Waals surface area contributed by atoms with Gasteiger partial charge in [-0.1, -0.05) is 18.2 Å². The highest BCUT2D eigenvalue weighted by molar-refractivity contribution is 6.32. The molecule has 130 valence electrons. The lowest BCUT2D eigenvalue weighted by Gasteiger charge is -2.31. The van der Waals surface area contributed by atoms with E-state index in [1.165, 1.54) is 7.11 Å². The maximum absolute atomic E-state index is 12.7. The summed E-state index contributed by atoms with van der Waals surface area (Å²) in [5, 5.41) is 0.413. The molecule has 24 heavy (non-hydrogen) atoms. The molecule has 0 atom stereocenters. The number of aryl methyl sites for hydroxylation is 1. The molecular weight excluding hydrogens is 326 g/mol. The van der Waals surface area contributed by atoms with Crippen molar-refractivity contribution in [3.63, 3.8) is 0 Å². The molecule has 1 saturated carbocycles. The monoisotopic (exact) mass is 349 g/mol. The molecule has 1 aliphatic carbocycles. The third kappa shape index (κ3) is 3.81. The molecule has 0 aliphatic heterocycles. The molecule has 1 aliphatic rings. The summed E-state index contributed by atoms with van der Waals surface area (Å²) in [7, 11) is 3.44. The van der Waals surface area contributed by atoms with Gasteiger partial charge in [0.25, 0.3) is 0 Å². The van der Waals surface area contributed by atoms with Crippen LogP contribution in [0.5, 0.6) is 5.75 Å². The van der Waals surface area contributed by atoms with Gasteiger partial charge in [-0.05, 0) is 37.5 Å². The standard InChI is InChI=1S/C19H24ClNO3/c1-11(2)21(4)10-13-8-15(22)19(16(23)9-13)18-14(20)6-12(3)7-17(18)24-5/h6-7,13,19H,1,8-10H2,2-5H3. The first kappa shape index (κ1) is 18.5. The summed E-state index contributed by atoms with van der Waals surface area (Å²) in [6, 6.07) is 3.57. The first-order valence-corrected chi connectivity index (χ1v) is 8.38. The van der Waals surface area contributed by atoms with Crippen LogP contribution in [-0.2, 0) is 9.59 Å². The second-order valence-electron chi connectivity index (χ2n) is 6.62. The zero-order valence-corrected chi connectivity index (χ0v) is 15.4. The SMILES string of the molecule is C=C(C)N(C)CC1CC(=O)C(c2c(Cl)cc(C)cc2OC)C(=O)C1. The fraction of sp³-hybridized carbons (Fsp3) is 0.474. The van der Waals surface area contributed by atoms with Crippen LogP contribution < -0.4 is 4.74 Å². The van der Waals surface area contributed by atoms with Crippen molar-refractivity contribution in [2.24, 2.45) is 5.92 Å². The molecular formula is C19H24ClNO3. The van der Waals surface area contributed by atoms with Crippen LogP contribution in [0.25, 0.3) is 0 Å². The number of methoxy groups -OCH3 is 1. The van der Waals surface area contributed by atoms with Gasteiger partial charge >= 0.3 is 0 Å². The van der Waals surface area contributed by atoms with Crippen molar-refractivity contribution in [2.75, 3.05) is 20.7 Å². The predicted octanol–water partition coefficient (Wildman–Crippen LogP) is 3.75. The highest BCUT2D eigenvalue weighted by Crippen LogP contribution is 2.40. The Labute approximate surface area is 148 Å². The van der Waals surface area contributed by atoms with E-state index in [-0.39, 0.29) is 17.5 Å². The normalized spacial score (nSPS) is 20.9. The molecule has 5 heteroatoms. The number of carbonyl (C=O) groups excluding carboxylic acids is 2. The Morgan fingerprint density at radius 1 is 1.33 bits per heavy atom. The van der Waals surface area contributed by atoms with Crippen LogP contribution in [0.1, 0.15) is 36.8 Å². The predicted molar refractivity (Wildman–Crippen MR) is 95.7 cm³/mol. The van der Waals surface area contributed by atoms with Crippen molar-refractivity contribution < 1.29 is 14.3 Å². The zero-order chi connectivity index (χ0) is 18.0. The highest BCUT2D eigenvalue weighted by atomic mass is 35.5. The van der Waals surface area contributed by atoms with Crippen LogP contribution in [0.15, 0.2) is 24.4 Å². The lowest BCUT2D eigenvalue weighted by molar-refractivity contribution is -0.133. The van der Waals surface area contributed by atoms with Gasteiger partial charge in [0.2, 0.25) is 0 Å². The molecule has 4 nitrogen and oxygen atoms in total. The Hall–Kier alpha value is -1.81. The van der Waals surface area contributed by atoms with E-state index >= 15 is 0 Å². The molecule has 0 saturated heterocycles. The summed E-state index contributed by atoms with van der Waals surface area (Å²) in [6.07, 6.45) is 0.725. The molecule has 2 rings (SSSR count). The Morgan fingerprint density at radius 3 is 2.42 bits per heavy atom. The number of rotatable bonds is 5. The van der Waals surface area contributed by atoms with Crippen molar-refractivity contribution in [1.82, 2.24) is 4.90 Å². The average Bonchev–Trinajstić information content (AvgIpc) is 2.47. The van der Waals surface area contributed by atoms with Gasteiger partial charge < -0.3 is 9.64 Å². The number of benzene rings is 1. The number of nitrogens with zero attached hydrogens (tertiary/aromatic N) is 1. The van der Waals surface area contributed by atoms with Crippen molar-refractivity contribution in [1.29, 1.82) is 0 Å². The highest BCUT2D eigenvalue weighted by Gasteiger charge is 2.39. The number of halogens is 1. The van der Waals surface area contributed by atoms with E-state index in [2.05, 4.69) is 6.58 Å². The zero-order valence-electron chi connectivity index (χ0n) is 14.7. The fourth-order valence-corrected chi connectivity index (χ4v) is 3.60. The first-order valence-electron chi connectivity index (χ1n) is 8.00. The van der Waals surface area contributed by atoms with Gasteiger partial charge in [0.15, 0.2) is 0 Å². The van der Waals surface area contributed by atoms with Crippen molar-refractivity contribution in [3.8, 4) is 5.75 Å². The molecule has 1 aromatic rings. The van der Waals surface area contributed by atoms with E-state index in [9.17, 15) is 9.59 Å². The molecule has 0 heterocycles. The molecule has 0 N–H and O–H groups in total. The van der Waals surface area contributed by atoms with Gasteiger partial charge in [-0.25, -0.2) is 0 Å². The molecule has 0 unspecified atom stereocenters. The number of allylic oxidation sites excluding steroid dienone is 1. The van der Waals surface area contributed by atoms with E-state index < -0.39 is 5.92 Å². The van der Waals surface area contributed by atoms with E-state index in [0.29, 0.717) is 35.7 Å². The Balaban J connectivity index is 2.28. The van der Waals surface area contributed by atoms with E-state index in [4.69, 9.17) is 16.3 Å². The first-order chi connectivity index (χ1) is 11.2. The van der Waals surface area contributed by atoms with Crippen LogP contribution in [-0.4, -0.2) is 37.2 Å². The summed E-state index contributed by atoms with van der Waals surface area (Å²) < 4.78 is 5.37. The van der Waals surface area contributed by atoms with E-state index in [1.807, 2.05) is 31.9 Å². The summed E-state index contributed by atoms with van der Waals surface area (Å²) in [5.41, 5.74) is 2.35. The van der Waals surface area contributed by atoms with Gasteiger partial charge in [-0.15, -0.1) is 0 Å². The third-order valence-corrected chi connectivity index (χ3v) is 4.86. The van der Waals surface area contributed by atoms with E-state index in [1.54, 1.807) is 6.07 Å². The molecule has 0 amide bonds. The maximum Gasteiger partial charge on any atom is 0.148 e. The minimum absolute atomic E-state index is 0.0122. The maximum atomic E-state index is 12.7. The third-order valence-electron chi connectivity index (χ3n) is 4.55. The summed E-state index contributed by atoms with van der Waals surface area (Å²) in [5.74, 6) is -0.479. The van der Waals surface area contributed by atoms with Crippen molar-refractivity contribution >= 4 is 23.2 Å². The second-order valence-corrected chi connectivity index (χ2v) is 7.03. The number of ketones is 2. The van der Waals surface area contributed by atoms with Gasteiger partial charge in [-0.3, -0.25) is 9.59 Å². The van der Waals surface area contributed by atoms with Crippen molar-refractivity contribution in [3.05, 3.63) is 40.6 Å². The van der Waals surface area contributed by atoms with Crippen LogP contribution in [0.3, 0.4) is 0 Å². The topological polar surface area (TPSA) is 46.6 Å². The van der Waals surface area contributed by atoms with Gasteiger partial charge in [-0.2, -0.15) is 0 Å². The second kappa shape index (κ2) is 7.39. The number of Topliss-reactive ketones (excluding diaryl/α,β-unsaturated/α-hetero) is 2. The number of carbonyl (C=O) groups is 2. The molecule has 0 spiro atoms. The van der Waals surface area contributed by atoms with Gasteiger partial charge in [0.05, 0.1) is 7.11 Å². The molecule has 0 radical (unpaired) electrons. The smallest absolute Gasteiger partial charge is 0.148 e. The molecule has 1 fully saturated rings. The van der Waals surface area contributed by atoms with Crippen LogP contribution in [0, 0.1) is 12.8 Å². The Kier molecular flexibility index (Phi) is 5.70. The van der Waals surface area contributed by atoms with Crippen LogP contribution >= 0.6 is 11.6 Å². The van der Waals surface area contributed by atoms with E-state index in [0.717, 1.165) is 11.3 Å². The minimum Gasteiger partial charge on any atom is -0.496 e. The number of ether oxygens (including phenoxy) is 1. The van der Waals surface area contributed by atoms with Crippen LogP contribution in [0.4, 0.5) is 0 Å². The quantitative estimate of drug-likeness (QED) is 0.759. The summed E-state index contributed by atoms with van der Waals surface area (Å²) >= 11 is 6.34. The minimum atomic E-state index is -0.820. The van der Waals surface area contributed by atoms with Crippen molar-refractivity contribution in [2.45, 2.75) is 32.6 Å². The molecule has 0 bridgehead atoms. The van der Waals surface area contributed by atoms with Gasteiger partial charge in [0, 0.05) is 42.7 Å². The average molecular weight is 350 g/mol. The lowest BCUT2D eigenvalue weighted by atomic mass is 9.76. The fourth-order valence-electron chi connectivity index (χ4n) is 3.22. The largest absolute Gasteiger partial charge is 0.496 e. The Morgan fingerprint density at radius 2 is 1.92 bits per heavy atom. The molecule has 0 aromatic heterocycles. The summed E-state index contributed by atoms with van der Waals surface area (Å²) in [6.45, 7) is 8.34.